The number of nitrogens with one attached hydrogen (secondary N) is 1. The van der Waals surface area contributed by atoms with Crippen LogP contribution in [0, 0.1) is 0 Å². The van der Waals surface area contributed by atoms with E-state index in [9.17, 15) is 4.79 Å². The van der Waals surface area contributed by atoms with Crippen LogP contribution in [0.1, 0.15) is 4.88 Å². The lowest BCUT2D eigenvalue weighted by molar-refractivity contribution is -0.111. The zero-order valence-corrected chi connectivity index (χ0v) is 17.2. The van der Waals surface area contributed by atoms with Crippen molar-refractivity contribution in [3.05, 3.63) is 71.7 Å². The van der Waals surface area contributed by atoms with E-state index in [2.05, 4.69) is 45.3 Å². The molecule has 4 rings (SSSR count). The molecule has 0 atom stereocenters. The number of aromatic nitrogens is 1. The molecular weight excluding hydrogens is 380 g/mol. The lowest BCUT2D eigenvalue weighted by atomic mass is 10.2. The number of hydrogen-bond acceptors (Lipinski definition) is 5. The second-order valence-electron chi connectivity index (χ2n) is 7.09. The normalized spacial score (nSPS) is 15.0. The van der Waals surface area contributed by atoms with Crippen molar-refractivity contribution >= 4 is 34.8 Å². The third kappa shape index (κ3) is 5.10. The average molecular weight is 405 g/mol. The summed E-state index contributed by atoms with van der Waals surface area (Å²) in [5, 5.41) is 2.88. The molecule has 29 heavy (non-hydrogen) atoms. The number of carbonyl (C=O) groups excluding carboxylic acids is 1. The highest BCUT2D eigenvalue weighted by atomic mass is 32.1. The standard InChI is InChI=1S/C23H24N4OS/c1-26-13-15-27(16-14-26)22-11-7-19(17-24-22)25-23(28)12-9-20-8-10-21(29-20)18-5-3-2-4-6-18/h2-12,17H,13-16H2,1H3,(H,25,28)/b12-9+. The van der Waals surface area contributed by atoms with Gasteiger partial charge in [0.25, 0.3) is 0 Å². The zero-order chi connectivity index (χ0) is 20.1. The molecule has 3 heterocycles. The van der Waals surface area contributed by atoms with E-state index in [0.29, 0.717) is 5.69 Å². The topological polar surface area (TPSA) is 48.5 Å². The maximum atomic E-state index is 12.2. The van der Waals surface area contributed by atoms with E-state index in [1.807, 2.05) is 42.5 Å². The molecule has 3 aromatic rings. The summed E-state index contributed by atoms with van der Waals surface area (Å²) in [6.45, 7) is 4.03. The molecule has 2 aromatic heterocycles. The fourth-order valence-corrected chi connectivity index (χ4v) is 4.14. The molecule has 148 valence electrons. The van der Waals surface area contributed by atoms with E-state index in [1.54, 1.807) is 23.6 Å². The van der Waals surface area contributed by atoms with Crippen LogP contribution in [0.5, 0.6) is 0 Å². The molecule has 1 fully saturated rings. The van der Waals surface area contributed by atoms with Gasteiger partial charge in [0, 0.05) is 42.0 Å². The first kappa shape index (κ1) is 19.4. The number of thiophene rings is 1. The van der Waals surface area contributed by atoms with Crippen molar-refractivity contribution in [2.24, 2.45) is 0 Å². The van der Waals surface area contributed by atoms with Gasteiger partial charge in [0.1, 0.15) is 5.82 Å². The van der Waals surface area contributed by atoms with Gasteiger partial charge in [-0.2, -0.15) is 0 Å². The fourth-order valence-electron chi connectivity index (χ4n) is 3.22. The molecule has 1 aliphatic heterocycles. The Kier molecular flexibility index (Phi) is 6.03. The number of hydrogen-bond donors (Lipinski definition) is 1. The Morgan fingerprint density at radius 2 is 1.83 bits per heavy atom. The Hall–Kier alpha value is -2.96. The number of rotatable bonds is 5. The van der Waals surface area contributed by atoms with Gasteiger partial charge < -0.3 is 15.1 Å². The molecule has 0 aliphatic carbocycles. The van der Waals surface area contributed by atoms with Crippen LogP contribution in [0.2, 0.25) is 0 Å². The smallest absolute Gasteiger partial charge is 0.248 e. The first-order valence-corrected chi connectivity index (χ1v) is 10.5. The van der Waals surface area contributed by atoms with Gasteiger partial charge in [-0.25, -0.2) is 4.98 Å². The van der Waals surface area contributed by atoms with Gasteiger partial charge in [-0.15, -0.1) is 11.3 Å². The van der Waals surface area contributed by atoms with Crippen LogP contribution in [0.3, 0.4) is 0 Å². The monoisotopic (exact) mass is 404 g/mol. The molecule has 5 nitrogen and oxygen atoms in total. The molecule has 1 aliphatic rings. The van der Waals surface area contributed by atoms with E-state index in [0.717, 1.165) is 36.9 Å². The second kappa shape index (κ2) is 9.03. The maximum Gasteiger partial charge on any atom is 0.248 e. The minimum absolute atomic E-state index is 0.159. The highest BCUT2D eigenvalue weighted by molar-refractivity contribution is 7.16. The third-order valence-electron chi connectivity index (χ3n) is 4.93. The number of anilines is 2. The van der Waals surface area contributed by atoms with Crippen LogP contribution in [0.4, 0.5) is 11.5 Å². The third-order valence-corrected chi connectivity index (χ3v) is 6.03. The van der Waals surface area contributed by atoms with Crippen molar-refractivity contribution in [2.45, 2.75) is 0 Å². The number of piperazine rings is 1. The van der Waals surface area contributed by atoms with Gasteiger partial charge in [-0.05, 0) is 43.0 Å². The summed E-state index contributed by atoms with van der Waals surface area (Å²) in [5.41, 5.74) is 1.89. The Morgan fingerprint density at radius 3 is 2.55 bits per heavy atom. The van der Waals surface area contributed by atoms with Crippen LogP contribution in [0.15, 0.2) is 66.9 Å². The van der Waals surface area contributed by atoms with Crippen molar-refractivity contribution in [3.63, 3.8) is 0 Å². The summed E-state index contributed by atoms with van der Waals surface area (Å²) >= 11 is 1.66. The Morgan fingerprint density at radius 1 is 1.03 bits per heavy atom. The molecule has 1 amide bonds. The summed E-state index contributed by atoms with van der Waals surface area (Å²) in [6, 6.07) is 18.2. The number of carbonyl (C=O) groups is 1. The Balaban J connectivity index is 1.33. The zero-order valence-electron chi connectivity index (χ0n) is 16.4. The summed E-state index contributed by atoms with van der Waals surface area (Å²) in [7, 11) is 2.13. The molecule has 0 spiro atoms. The SMILES string of the molecule is CN1CCN(c2ccc(NC(=O)/C=C/c3ccc(-c4ccccc4)s3)cn2)CC1. The summed E-state index contributed by atoms with van der Waals surface area (Å²) < 4.78 is 0. The molecule has 1 N–H and O–H groups in total. The number of nitrogens with zero attached hydrogens (tertiary/aromatic N) is 3. The van der Waals surface area contributed by atoms with E-state index < -0.39 is 0 Å². The van der Waals surface area contributed by atoms with E-state index in [1.165, 1.54) is 10.4 Å². The van der Waals surface area contributed by atoms with Gasteiger partial charge in [0.15, 0.2) is 0 Å². The van der Waals surface area contributed by atoms with Crippen LogP contribution in [-0.2, 0) is 4.79 Å². The predicted octanol–water partition coefficient (Wildman–Crippen LogP) is 4.21. The highest BCUT2D eigenvalue weighted by Crippen LogP contribution is 2.28. The lowest BCUT2D eigenvalue weighted by Crippen LogP contribution is -2.44. The number of amides is 1. The molecular formula is C23H24N4OS. The van der Waals surface area contributed by atoms with E-state index >= 15 is 0 Å². The van der Waals surface area contributed by atoms with E-state index in [4.69, 9.17) is 0 Å². The van der Waals surface area contributed by atoms with Crippen molar-refractivity contribution in [1.82, 2.24) is 9.88 Å². The molecule has 0 saturated carbocycles. The first-order valence-electron chi connectivity index (χ1n) is 9.71. The summed E-state index contributed by atoms with van der Waals surface area (Å²) in [5.74, 6) is 0.799. The average Bonchev–Trinajstić information content (AvgIpc) is 3.23. The van der Waals surface area contributed by atoms with Crippen LogP contribution in [-0.4, -0.2) is 49.0 Å². The number of pyridine rings is 1. The lowest BCUT2D eigenvalue weighted by Gasteiger charge is -2.33. The van der Waals surface area contributed by atoms with Gasteiger partial charge >= 0.3 is 0 Å². The molecule has 0 unspecified atom stereocenters. The van der Waals surface area contributed by atoms with E-state index in [-0.39, 0.29) is 5.91 Å². The largest absolute Gasteiger partial charge is 0.354 e. The second-order valence-corrected chi connectivity index (χ2v) is 8.20. The van der Waals surface area contributed by atoms with Gasteiger partial charge in [0.2, 0.25) is 5.91 Å². The summed E-state index contributed by atoms with van der Waals surface area (Å²) in [6.07, 6.45) is 5.13. The Labute approximate surface area is 175 Å². The fraction of sp³-hybridized carbons (Fsp3) is 0.217. The van der Waals surface area contributed by atoms with Crippen molar-refractivity contribution in [2.75, 3.05) is 43.4 Å². The first-order chi connectivity index (χ1) is 14.2. The van der Waals surface area contributed by atoms with Crippen molar-refractivity contribution in [3.8, 4) is 10.4 Å². The molecule has 0 bridgehead atoms. The maximum absolute atomic E-state index is 12.2. The minimum atomic E-state index is -0.159. The van der Waals surface area contributed by atoms with Gasteiger partial charge in [-0.1, -0.05) is 30.3 Å². The van der Waals surface area contributed by atoms with Crippen molar-refractivity contribution in [1.29, 1.82) is 0 Å². The van der Waals surface area contributed by atoms with Gasteiger partial charge in [-0.3, -0.25) is 4.79 Å². The summed E-state index contributed by atoms with van der Waals surface area (Å²) in [4.78, 5) is 23.6. The highest BCUT2D eigenvalue weighted by Gasteiger charge is 2.15. The number of benzene rings is 1. The molecule has 0 radical (unpaired) electrons. The van der Waals surface area contributed by atoms with Gasteiger partial charge in [0.05, 0.1) is 11.9 Å². The van der Waals surface area contributed by atoms with Crippen LogP contribution < -0.4 is 10.2 Å². The quantitative estimate of drug-likeness (QED) is 0.647. The minimum Gasteiger partial charge on any atom is -0.354 e. The van der Waals surface area contributed by atoms with Crippen molar-refractivity contribution < 1.29 is 4.79 Å². The number of likely N-dealkylation sites (N-methyl/N-ethyl adjacent to an activating group) is 1. The Bertz CT molecular complexity index is 974. The van der Waals surface area contributed by atoms with Crippen LogP contribution in [0.25, 0.3) is 16.5 Å². The van der Waals surface area contributed by atoms with Crippen LogP contribution >= 0.6 is 11.3 Å². The molecule has 1 aromatic carbocycles. The molecule has 1 saturated heterocycles. The predicted molar refractivity (Wildman–Crippen MR) is 121 cm³/mol. The molecule has 6 heteroatoms.